The van der Waals surface area contributed by atoms with Crippen LogP contribution in [0, 0.1) is 11.3 Å². The monoisotopic (exact) mass is 243 g/mol. The standard InChI is InChI=1S/C13H10ClN3/c14-12-5-2-6-13(11(12)8-15)17-10-4-1-3-9(16)7-10/h1-7,17H,16H2. The van der Waals surface area contributed by atoms with Gasteiger partial charge in [-0.25, -0.2) is 0 Å². The van der Waals surface area contributed by atoms with E-state index in [2.05, 4.69) is 11.4 Å². The molecular weight excluding hydrogens is 234 g/mol. The highest BCUT2D eigenvalue weighted by Crippen LogP contribution is 2.26. The van der Waals surface area contributed by atoms with Crippen LogP contribution in [0.25, 0.3) is 0 Å². The van der Waals surface area contributed by atoms with Crippen LogP contribution in [0.5, 0.6) is 0 Å². The second-order valence-corrected chi connectivity index (χ2v) is 3.93. The highest BCUT2D eigenvalue weighted by atomic mass is 35.5. The van der Waals surface area contributed by atoms with Crippen molar-refractivity contribution in [3.63, 3.8) is 0 Å². The zero-order chi connectivity index (χ0) is 12.3. The van der Waals surface area contributed by atoms with Crippen LogP contribution in [0.3, 0.4) is 0 Å². The Kier molecular flexibility index (Phi) is 3.17. The van der Waals surface area contributed by atoms with Crippen molar-refractivity contribution in [3.8, 4) is 6.07 Å². The molecule has 0 unspecified atom stereocenters. The zero-order valence-corrected chi connectivity index (χ0v) is 9.70. The predicted molar refractivity (Wildman–Crippen MR) is 70.3 cm³/mol. The summed E-state index contributed by atoms with van der Waals surface area (Å²) in [5.74, 6) is 0. The van der Waals surface area contributed by atoms with Gasteiger partial charge in [-0.1, -0.05) is 23.7 Å². The highest BCUT2D eigenvalue weighted by molar-refractivity contribution is 6.32. The fraction of sp³-hybridized carbons (Fsp3) is 0. The normalized spacial score (nSPS) is 9.65. The lowest BCUT2D eigenvalue weighted by Gasteiger charge is -2.09. The van der Waals surface area contributed by atoms with Crippen molar-refractivity contribution >= 4 is 28.7 Å². The summed E-state index contributed by atoms with van der Waals surface area (Å²) >= 11 is 5.94. The number of rotatable bonds is 2. The van der Waals surface area contributed by atoms with Crippen LogP contribution in [0.4, 0.5) is 17.1 Å². The molecule has 4 heteroatoms. The van der Waals surface area contributed by atoms with E-state index in [0.717, 1.165) is 5.69 Å². The molecule has 17 heavy (non-hydrogen) atoms. The predicted octanol–water partition coefficient (Wildman–Crippen LogP) is 3.54. The van der Waals surface area contributed by atoms with Gasteiger partial charge in [0.1, 0.15) is 6.07 Å². The number of nitrogens with zero attached hydrogens (tertiary/aromatic N) is 1. The average Bonchev–Trinajstić information content (AvgIpc) is 2.29. The molecule has 0 heterocycles. The molecule has 0 saturated carbocycles. The largest absolute Gasteiger partial charge is 0.399 e. The topological polar surface area (TPSA) is 61.8 Å². The summed E-state index contributed by atoms with van der Waals surface area (Å²) < 4.78 is 0. The van der Waals surface area contributed by atoms with Gasteiger partial charge in [0.05, 0.1) is 16.3 Å². The van der Waals surface area contributed by atoms with Gasteiger partial charge in [0.15, 0.2) is 0 Å². The number of nitrogens with one attached hydrogen (secondary N) is 1. The minimum atomic E-state index is 0.427. The zero-order valence-electron chi connectivity index (χ0n) is 8.94. The Balaban J connectivity index is 2.37. The highest BCUT2D eigenvalue weighted by Gasteiger charge is 2.06. The van der Waals surface area contributed by atoms with Gasteiger partial charge in [0.25, 0.3) is 0 Å². The first-order chi connectivity index (χ1) is 8.20. The van der Waals surface area contributed by atoms with Crippen molar-refractivity contribution in [2.24, 2.45) is 0 Å². The minimum absolute atomic E-state index is 0.427. The molecule has 0 aliphatic carbocycles. The van der Waals surface area contributed by atoms with Gasteiger partial charge in [0, 0.05) is 11.4 Å². The first-order valence-corrected chi connectivity index (χ1v) is 5.39. The van der Waals surface area contributed by atoms with Crippen LogP contribution in [-0.2, 0) is 0 Å². The molecule has 0 atom stereocenters. The molecule has 84 valence electrons. The van der Waals surface area contributed by atoms with Crippen LogP contribution < -0.4 is 11.1 Å². The number of hydrogen-bond donors (Lipinski definition) is 2. The summed E-state index contributed by atoms with van der Waals surface area (Å²) in [7, 11) is 0. The molecule has 0 aliphatic rings. The molecule has 3 nitrogen and oxygen atoms in total. The summed E-state index contributed by atoms with van der Waals surface area (Å²) in [6.45, 7) is 0. The summed E-state index contributed by atoms with van der Waals surface area (Å²) in [5, 5.41) is 12.6. The smallest absolute Gasteiger partial charge is 0.103 e. The van der Waals surface area contributed by atoms with Crippen molar-refractivity contribution in [2.75, 3.05) is 11.1 Å². The number of nitriles is 1. The van der Waals surface area contributed by atoms with E-state index in [9.17, 15) is 0 Å². The van der Waals surface area contributed by atoms with Crippen molar-refractivity contribution in [2.45, 2.75) is 0 Å². The summed E-state index contributed by atoms with van der Waals surface area (Å²) in [6.07, 6.45) is 0. The lowest BCUT2D eigenvalue weighted by atomic mass is 10.2. The van der Waals surface area contributed by atoms with Crippen molar-refractivity contribution in [1.29, 1.82) is 5.26 Å². The van der Waals surface area contributed by atoms with E-state index in [1.165, 1.54) is 0 Å². The number of halogens is 1. The molecule has 3 N–H and O–H groups in total. The van der Waals surface area contributed by atoms with Crippen molar-refractivity contribution in [3.05, 3.63) is 53.1 Å². The van der Waals surface area contributed by atoms with E-state index in [4.69, 9.17) is 22.6 Å². The molecule has 0 spiro atoms. The molecule has 0 amide bonds. The Morgan fingerprint density at radius 2 is 1.94 bits per heavy atom. The Bertz CT molecular complexity index is 587. The van der Waals surface area contributed by atoms with Crippen LogP contribution in [0.15, 0.2) is 42.5 Å². The SMILES string of the molecule is N#Cc1c(Cl)cccc1Nc1cccc(N)c1. The maximum atomic E-state index is 9.03. The van der Waals surface area contributed by atoms with Gasteiger partial charge in [-0.3, -0.25) is 0 Å². The van der Waals surface area contributed by atoms with E-state index >= 15 is 0 Å². The molecule has 0 bridgehead atoms. The number of benzene rings is 2. The first-order valence-electron chi connectivity index (χ1n) is 5.02. The fourth-order valence-corrected chi connectivity index (χ4v) is 1.73. The van der Waals surface area contributed by atoms with E-state index in [1.54, 1.807) is 30.3 Å². The molecule has 2 aromatic rings. The molecule has 0 aliphatic heterocycles. The maximum absolute atomic E-state index is 9.03. The third kappa shape index (κ3) is 2.49. The van der Waals surface area contributed by atoms with Crippen molar-refractivity contribution < 1.29 is 0 Å². The third-order valence-electron chi connectivity index (χ3n) is 2.29. The van der Waals surface area contributed by atoms with Crippen molar-refractivity contribution in [1.82, 2.24) is 0 Å². The number of hydrogen-bond acceptors (Lipinski definition) is 3. The van der Waals surface area contributed by atoms with Gasteiger partial charge in [-0.05, 0) is 30.3 Å². The fourth-order valence-electron chi connectivity index (χ4n) is 1.51. The lowest BCUT2D eigenvalue weighted by molar-refractivity contribution is 1.46. The number of nitrogens with two attached hydrogens (primary N) is 1. The van der Waals surface area contributed by atoms with E-state index < -0.39 is 0 Å². The van der Waals surface area contributed by atoms with E-state index in [0.29, 0.717) is 22.0 Å². The van der Waals surface area contributed by atoms with Crippen LogP contribution in [0.2, 0.25) is 5.02 Å². The summed E-state index contributed by atoms with van der Waals surface area (Å²) in [6, 6.07) is 14.7. The minimum Gasteiger partial charge on any atom is -0.399 e. The average molecular weight is 244 g/mol. The summed E-state index contributed by atoms with van der Waals surface area (Å²) in [5.41, 5.74) is 8.27. The Morgan fingerprint density at radius 3 is 2.65 bits per heavy atom. The van der Waals surface area contributed by atoms with Gasteiger partial charge in [-0.2, -0.15) is 5.26 Å². The lowest BCUT2D eigenvalue weighted by Crippen LogP contribution is -1.95. The van der Waals surface area contributed by atoms with Gasteiger partial charge in [-0.15, -0.1) is 0 Å². The van der Waals surface area contributed by atoms with Gasteiger partial charge >= 0.3 is 0 Å². The Hall–Kier alpha value is -2.18. The van der Waals surface area contributed by atoms with E-state index in [-0.39, 0.29) is 0 Å². The van der Waals surface area contributed by atoms with Gasteiger partial charge < -0.3 is 11.1 Å². The van der Waals surface area contributed by atoms with E-state index in [1.807, 2.05) is 12.1 Å². The van der Waals surface area contributed by atoms with Crippen LogP contribution in [0.1, 0.15) is 5.56 Å². The molecule has 0 fully saturated rings. The molecule has 2 aromatic carbocycles. The molecule has 0 saturated heterocycles. The molecule has 0 radical (unpaired) electrons. The molecule has 0 aromatic heterocycles. The summed E-state index contributed by atoms with van der Waals surface area (Å²) in [4.78, 5) is 0. The molecular formula is C13H10ClN3. The quantitative estimate of drug-likeness (QED) is 0.793. The van der Waals surface area contributed by atoms with Crippen LogP contribution in [-0.4, -0.2) is 0 Å². The first kappa shape index (κ1) is 11.3. The number of nitrogen functional groups attached to an aromatic ring is 1. The maximum Gasteiger partial charge on any atom is 0.103 e. The Labute approximate surface area is 104 Å². The van der Waals surface area contributed by atoms with Gasteiger partial charge in [0.2, 0.25) is 0 Å². The Morgan fingerprint density at radius 1 is 1.18 bits per heavy atom. The molecule has 2 rings (SSSR count). The van der Waals surface area contributed by atoms with Crippen LogP contribution >= 0.6 is 11.6 Å². The number of anilines is 3. The third-order valence-corrected chi connectivity index (χ3v) is 2.61. The second kappa shape index (κ2) is 4.77. The second-order valence-electron chi connectivity index (χ2n) is 3.52.